The van der Waals surface area contributed by atoms with Crippen LogP contribution in [0.25, 0.3) is 0 Å². The topological polar surface area (TPSA) is 29.1 Å². The van der Waals surface area contributed by atoms with Gasteiger partial charge in [0.2, 0.25) is 0 Å². The first-order valence-corrected chi connectivity index (χ1v) is 7.73. The van der Waals surface area contributed by atoms with Crippen molar-refractivity contribution in [3.63, 3.8) is 0 Å². The minimum Gasteiger partial charge on any atom is -0.312 e. The molecule has 0 saturated heterocycles. The highest BCUT2D eigenvalue weighted by Gasteiger charge is 2.29. The lowest BCUT2D eigenvalue weighted by atomic mass is 9.78. The third-order valence-electron chi connectivity index (χ3n) is 3.25. The van der Waals surface area contributed by atoms with Crippen LogP contribution in [-0.2, 0) is 4.79 Å². The molecule has 0 bridgehead atoms. The molecule has 0 amide bonds. The van der Waals surface area contributed by atoms with Crippen LogP contribution in [0.3, 0.4) is 0 Å². The highest BCUT2D eigenvalue weighted by molar-refractivity contribution is 5.85. The van der Waals surface area contributed by atoms with Gasteiger partial charge in [0, 0.05) is 16.9 Å². The van der Waals surface area contributed by atoms with Gasteiger partial charge in [-0.05, 0) is 52.5 Å². The van der Waals surface area contributed by atoms with Crippen molar-refractivity contribution in [2.24, 2.45) is 17.3 Å². The summed E-state index contributed by atoms with van der Waals surface area (Å²) in [6.07, 6.45) is 3.11. The quantitative estimate of drug-likeness (QED) is 0.693. The Morgan fingerprint density at radius 1 is 1.05 bits per heavy atom. The van der Waals surface area contributed by atoms with Crippen LogP contribution in [0.5, 0.6) is 0 Å². The lowest BCUT2D eigenvalue weighted by molar-refractivity contribution is -0.131. The number of hydrogen-bond acceptors (Lipinski definition) is 2. The summed E-state index contributed by atoms with van der Waals surface area (Å²) in [7, 11) is 0. The monoisotopic (exact) mass is 269 g/mol. The molecule has 0 aliphatic carbocycles. The highest BCUT2D eigenvalue weighted by atomic mass is 16.1. The minimum atomic E-state index is -0.211. The Kier molecular flexibility index (Phi) is 7.28. The van der Waals surface area contributed by atoms with Gasteiger partial charge in [-0.3, -0.25) is 4.79 Å². The summed E-state index contributed by atoms with van der Waals surface area (Å²) in [6, 6.07) is 0. The number of rotatable bonds is 7. The van der Waals surface area contributed by atoms with Crippen molar-refractivity contribution in [3.8, 4) is 0 Å². The molecule has 0 aromatic rings. The zero-order valence-corrected chi connectivity index (χ0v) is 14.4. The third-order valence-corrected chi connectivity index (χ3v) is 3.25. The molecular formula is C17H35NO. The van der Waals surface area contributed by atoms with Gasteiger partial charge in [0.25, 0.3) is 0 Å². The van der Waals surface area contributed by atoms with Crippen LogP contribution < -0.4 is 5.32 Å². The van der Waals surface area contributed by atoms with Gasteiger partial charge in [-0.15, -0.1) is 0 Å². The van der Waals surface area contributed by atoms with E-state index in [0.29, 0.717) is 11.7 Å². The second kappa shape index (κ2) is 7.42. The first-order chi connectivity index (χ1) is 8.43. The number of carbonyl (C=O) groups is 1. The van der Waals surface area contributed by atoms with Crippen LogP contribution in [0.1, 0.15) is 74.7 Å². The number of ketones is 1. The third kappa shape index (κ3) is 9.21. The Hall–Kier alpha value is -0.370. The molecule has 0 rings (SSSR count). The molecule has 114 valence electrons. The molecule has 0 aromatic heterocycles. The van der Waals surface area contributed by atoms with Crippen molar-refractivity contribution >= 4 is 5.78 Å². The minimum absolute atomic E-state index is 0.168. The SMILES string of the molecule is CC(C)C[C@H](CCCNC(C)(C)C)C(=O)C(C)(C)C. The van der Waals surface area contributed by atoms with E-state index in [0.717, 1.165) is 25.8 Å². The van der Waals surface area contributed by atoms with Crippen molar-refractivity contribution < 1.29 is 4.79 Å². The molecule has 0 heterocycles. The van der Waals surface area contributed by atoms with E-state index in [-0.39, 0.29) is 16.9 Å². The maximum atomic E-state index is 12.5. The molecule has 0 aromatic carbocycles. The normalized spacial score (nSPS) is 14.8. The van der Waals surface area contributed by atoms with E-state index in [1.54, 1.807) is 0 Å². The van der Waals surface area contributed by atoms with Crippen molar-refractivity contribution in [2.45, 2.75) is 80.2 Å². The predicted octanol–water partition coefficient (Wildman–Crippen LogP) is 4.43. The lowest BCUT2D eigenvalue weighted by Crippen LogP contribution is -2.37. The van der Waals surface area contributed by atoms with Gasteiger partial charge in [-0.25, -0.2) is 0 Å². The summed E-state index contributed by atoms with van der Waals surface area (Å²) < 4.78 is 0. The van der Waals surface area contributed by atoms with Gasteiger partial charge in [0.1, 0.15) is 5.78 Å². The lowest BCUT2D eigenvalue weighted by Gasteiger charge is -2.27. The number of Topliss-reactive ketones (excluding diaryl/α,β-unsaturated/α-hetero) is 1. The number of carbonyl (C=O) groups excluding carboxylic acids is 1. The molecule has 0 radical (unpaired) electrons. The standard InChI is InChI=1S/C17H35NO/c1-13(2)12-14(15(19)16(3,4)5)10-9-11-18-17(6,7)8/h13-14,18H,9-12H2,1-8H3/t14-/m0/s1. The van der Waals surface area contributed by atoms with Gasteiger partial charge in [0.05, 0.1) is 0 Å². The molecule has 0 aliphatic rings. The van der Waals surface area contributed by atoms with Crippen molar-refractivity contribution in [2.75, 3.05) is 6.54 Å². The van der Waals surface area contributed by atoms with Crippen molar-refractivity contribution in [1.82, 2.24) is 5.32 Å². The zero-order chi connectivity index (χ0) is 15.3. The van der Waals surface area contributed by atoms with Gasteiger partial charge in [-0.2, -0.15) is 0 Å². The molecule has 0 saturated carbocycles. The van der Waals surface area contributed by atoms with Gasteiger partial charge in [-0.1, -0.05) is 34.6 Å². The first-order valence-electron chi connectivity index (χ1n) is 7.73. The van der Waals surface area contributed by atoms with E-state index >= 15 is 0 Å². The van der Waals surface area contributed by atoms with E-state index in [9.17, 15) is 4.79 Å². The molecule has 2 nitrogen and oxygen atoms in total. The van der Waals surface area contributed by atoms with Gasteiger partial charge >= 0.3 is 0 Å². The Bertz CT molecular complexity index is 268. The summed E-state index contributed by atoms with van der Waals surface area (Å²) in [5, 5.41) is 3.50. The zero-order valence-electron chi connectivity index (χ0n) is 14.4. The fourth-order valence-electron chi connectivity index (χ4n) is 2.35. The summed E-state index contributed by atoms with van der Waals surface area (Å²) >= 11 is 0. The van der Waals surface area contributed by atoms with Gasteiger partial charge in [0.15, 0.2) is 0 Å². The number of hydrogen-bond donors (Lipinski definition) is 1. The van der Waals surface area contributed by atoms with Crippen LogP contribution in [-0.4, -0.2) is 17.9 Å². The average molecular weight is 269 g/mol. The maximum Gasteiger partial charge on any atom is 0.141 e. The Morgan fingerprint density at radius 2 is 1.58 bits per heavy atom. The molecule has 0 fully saturated rings. The van der Waals surface area contributed by atoms with Crippen LogP contribution in [0.15, 0.2) is 0 Å². The second-order valence-corrected chi connectivity index (χ2v) is 8.26. The van der Waals surface area contributed by atoms with Crippen LogP contribution in [0.4, 0.5) is 0 Å². The van der Waals surface area contributed by atoms with E-state index in [1.807, 2.05) is 20.8 Å². The Morgan fingerprint density at radius 3 is 1.95 bits per heavy atom. The van der Waals surface area contributed by atoms with E-state index in [4.69, 9.17) is 0 Å². The summed E-state index contributed by atoms with van der Waals surface area (Å²) in [4.78, 5) is 12.5. The largest absolute Gasteiger partial charge is 0.312 e. The molecular weight excluding hydrogens is 234 g/mol. The fourth-order valence-corrected chi connectivity index (χ4v) is 2.35. The Labute approximate surface area is 120 Å². The predicted molar refractivity (Wildman–Crippen MR) is 84.4 cm³/mol. The fraction of sp³-hybridized carbons (Fsp3) is 0.941. The maximum absolute atomic E-state index is 12.5. The smallest absolute Gasteiger partial charge is 0.141 e. The number of nitrogens with one attached hydrogen (secondary N) is 1. The summed E-state index contributed by atoms with van der Waals surface area (Å²) in [5.41, 5.74) is -0.0431. The Balaban J connectivity index is 4.34. The summed E-state index contributed by atoms with van der Waals surface area (Å²) in [5.74, 6) is 1.24. The second-order valence-electron chi connectivity index (χ2n) is 8.26. The molecule has 19 heavy (non-hydrogen) atoms. The molecule has 0 aliphatic heterocycles. The molecule has 1 atom stereocenters. The van der Waals surface area contributed by atoms with Crippen LogP contribution >= 0.6 is 0 Å². The van der Waals surface area contributed by atoms with E-state index < -0.39 is 0 Å². The molecule has 1 N–H and O–H groups in total. The molecule has 0 spiro atoms. The first kappa shape index (κ1) is 18.6. The van der Waals surface area contributed by atoms with Crippen LogP contribution in [0, 0.1) is 17.3 Å². The molecule has 0 unspecified atom stereocenters. The average Bonchev–Trinajstić information content (AvgIpc) is 2.18. The van der Waals surface area contributed by atoms with E-state index in [2.05, 4.69) is 39.9 Å². The van der Waals surface area contributed by atoms with Crippen molar-refractivity contribution in [1.29, 1.82) is 0 Å². The highest BCUT2D eigenvalue weighted by Crippen LogP contribution is 2.27. The van der Waals surface area contributed by atoms with Crippen LogP contribution in [0.2, 0.25) is 0 Å². The van der Waals surface area contributed by atoms with Gasteiger partial charge < -0.3 is 5.32 Å². The van der Waals surface area contributed by atoms with Crippen molar-refractivity contribution in [3.05, 3.63) is 0 Å². The van der Waals surface area contributed by atoms with E-state index in [1.165, 1.54) is 0 Å². The molecule has 2 heteroatoms. The summed E-state index contributed by atoms with van der Waals surface area (Å²) in [6.45, 7) is 18.1.